The monoisotopic (exact) mass is 266 g/mol. The molecule has 0 bridgehead atoms. The largest absolute Gasteiger partial charge is 0.379 e. The molecular weight excluding hydrogens is 251 g/mol. The number of thioether (sulfide) groups is 1. The van der Waals surface area contributed by atoms with Crippen LogP contribution in [0.25, 0.3) is 0 Å². The van der Waals surface area contributed by atoms with Gasteiger partial charge in [0.1, 0.15) is 11.4 Å². The molecule has 2 aliphatic rings. The first kappa shape index (κ1) is 12.0. The highest BCUT2D eigenvalue weighted by Crippen LogP contribution is 2.48. The van der Waals surface area contributed by atoms with E-state index < -0.39 is 5.54 Å². The molecule has 5 heteroatoms. The van der Waals surface area contributed by atoms with Crippen molar-refractivity contribution in [1.82, 2.24) is 0 Å². The minimum atomic E-state index is -0.652. The quantitative estimate of drug-likeness (QED) is 0.847. The first-order chi connectivity index (χ1) is 8.64. The van der Waals surface area contributed by atoms with Crippen molar-refractivity contribution in [3.05, 3.63) is 35.6 Å². The molecule has 0 amide bonds. The molecule has 0 aromatic heterocycles. The Labute approximate surface area is 110 Å². The van der Waals surface area contributed by atoms with E-state index in [1.807, 2.05) is 13.0 Å². The average molecular weight is 266 g/mol. The van der Waals surface area contributed by atoms with Gasteiger partial charge in [0, 0.05) is 17.2 Å². The van der Waals surface area contributed by atoms with Gasteiger partial charge < -0.3 is 10.5 Å². The van der Waals surface area contributed by atoms with Gasteiger partial charge in [-0.25, -0.2) is 9.38 Å². The third-order valence-electron chi connectivity index (χ3n) is 3.82. The SMILES string of the molecule is CC1OC[C@H]2CSC(N)=N[C@@]12c1ccccc1F. The number of hydrogen-bond acceptors (Lipinski definition) is 4. The highest BCUT2D eigenvalue weighted by atomic mass is 32.2. The van der Waals surface area contributed by atoms with E-state index in [0.717, 1.165) is 5.75 Å². The zero-order valence-corrected chi connectivity index (χ0v) is 10.9. The number of nitrogens with two attached hydrogens (primary N) is 1. The molecule has 96 valence electrons. The van der Waals surface area contributed by atoms with Gasteiger partial charge in [-0.15, -0.1) is 0 Å². The van der Waals surface area contributed by atoms with E-state index in [2.05, 4.69) is 4.99 Å². The van der Waals surface area contributed by atoms with Gasteiger partial charge in [0.25, 0.3) is 0 Å². The van der Waals surface area contributed by atoms with E-state index in [1.165, 1.54) is 17.8 Å². The predicted molar refractivity (Wildman–Crippen MR) is 71.1 cm³/mol. The highest BCUT2D eigenvalue weighted by Gasteiger charge is 2.53. The number of nitrogens with zero attached hydrogens (tertiary/aromatic N) is 1. The minimum absolute atomic E-state index is 0.154. The number of halogens is 1. The maximum Gasteiger partial charge on any atom is 0.154 e. The standard InChI is InChI=1S/C13H15FN2OS/c1-8-13(10-4-2-3-5-11(10)14)9(6-17-8)7-18-12(15)16-13/h2-5,8-9H,6-7H2,1H3,(H2,15,16)/t8?,9-,13-/m0/s1. The van der Waals surface area contributed by atoms with Gasteiger partial charge in [0.15, 0.2) is 5.17 Å². The van der Waals surface area contributed by atoms with Crippen LogP contribution in [0.15, 0.2) is 29.3 Å². The summed E-state index contributed by atoms with van der Waals surface area (Å²) in [5.74, 6) is 0.776. The summed E-state index contributed by atoms with van der Waals surface area (Å²) in [6, 6.07) is 6.79. The lowest BCUT2D eigenvalue weighted by molar-refractivity contribution is 0.0948. The second kappa shape index (κ2) is 4.24. The van der Waals surface area contributed by atoms with Crippen LogP contribution in [-0.4, -0.2) is 23.6 Å². The van der Waals surface area contributed by atoms with Crippen LogP contribution in [0.4, 0.5) is 4.39 Å². The second-order valence-electron chi connectivity index (χ2n) is 4.74. The minimum Gasteiger partial charge on any atom is -0.379 e. The van der Waals surface area contributed by atoms with E-state index >= 15 is 0 Å². The van der Waals surface area contributed by atoms with Crippen molar-refractivity contribution >= 4 is 16.9 Å². The van der Waals surface area contributed by atoms with Crippen molar-refractivity contribution in [3.8, 4) is 0 Å². The smallest absolute Gasteiger partial charge is 0.154 e. The first-order valence-corrected chi connectivity index (χ1v) is 6.98. The molecule has 0 radical (unpaired) electrons. The number of amidine groups is 1. The summed E-state index contributed by atoms with van der Waals surface area (Å²) < 4.78 is 19.9. The predicted octanol–water partition coefficient (Wildman–Crippen LogP) is 2.12. The zero-order valence-electron chi connectivity index (χ0n) is 10.1. The van der Waals surface area contributed by atoms with Crippen LogP contribution in [-0.2, 0) is 10.3 Å². The molecule has 2 aliphatic heterocycles. The lowest BCUT2D eigenvalue weighted by Crippen LogP contribution is -2.44. The molecule has 0 saturated carbocycles. The fourth-order valence-electron chi connectivity index (χ4n) is 2.89. The molecule has 0 aliphatic carbocycles. The van der Waals surface area contributed by atoms with Gasteiger partial charge in [-0.3, -0.25) is 0 Å². The Hall–Kier alpha value is -1.07. The molecule has 0 spiro atoms. The summed E-state index contributed by atoms with van der Waals surface area (Å²) >= 11 is 1.52. The van der Waals surface area contributed by atoms with Crippen LogP contribution in [0, 0.1) is 11.7 Å². The highest BCUT2D eigenvalue weighted by molar-refractivity contribution is 8.13. The normalized spacial score (nSPS) is 35.1. The van der Waals surface area contributed by atoms with Crippen molar-refractivity contribution in [2.45, 2.75) is 18.6 Å². The Kier molecular flexibility index (Phi) is 2.83. The first-order valence-electron chi connectivity index (χ1n) is 5.99. The molecule has 1 unspecified atom stereocenters. The average Bonchev–Trinajstić information content (AvgIpc) is 2.68. The van der Waals surface area contributed by atoms with E-state index in [-0.39, 0.29) is 17.8 Å². The molecule has 3 rings (SSSR count). The molecule has 1 saturated heterocycles. The molecule has 1 fully saturated rings. The van der Waals surface area contributed by atoms with Crippen LogP contribution in [0.5, 0.6) is 0 Å². The van der Waals surface area contributed by atoms with E-state index in [0.29, 0.717) is 17.3 Å². The van der Waals surface area contributed by atoms with Crippen molar-refractivity contribution in [2.75, 3.05) is 12.4 Å². The zero-order chi connectivity index (χ0) is 12.8. The van der Waals surface area contributed by atoms with Gasteiger partial charge in [-0.1, -0.05) is 30.0 Å². The van der Waals surface area contributed by atoms with Crippen LogP contribution in [0.3, 0.4) is 0 Å². The number of ether oxygens (including phenoxy) is 1. The fourth-order valence-corrected chi connectivity index (χ4v) is 3.83. The fraction of sp³-hybridized carbons (Fsp3) is 0.462. The molecular formula is C13H15FN2OS. The molecule has 2 N–H and O–H groups in total. The Morgan fingerprint density at radius 1 is 1.50 bits per heavy atom. The molecule has 3 atom stereocenters. The molecule has 3 nitrogen and oxygen atoms in total. The molecule has 18 heavy (non-hydrogen) atoms. The van der Waals surface area contributed by atoms with Gasteiger partial charge in [-0.2, -0.15) is 0 Å². The maximum absolute atomic E-state index is 14.1. The van der Waals surface area contributed by atoms with Crippen LogP contribution >= 0.6 is 11.8 Å². The van der Waals surface area contributed by atoms with Crippen molar-refractivity contribution in [3.63, 3.8) is 0 Å². The third-order valence-corrected chi connectivity index (χ3v) is 4.78. The second-order valence-corrected chi connectivity index (χ2v) is 5.78. The molecule has 1 aromatic carbocycles. The van der Waals surface area contributed by atoms with Crippen molar-refractivity contribution in [1.29, 1.82) is 0 Å². The van der Waals surface area contributed by atoms with Gasteiger partial charge in [-0.05, 0) is 13.0 Å². The summed E-state index contributed by atoms with van der Waals surface area (Å²) in [5.41, 5.74) is 5.81. The Morgan fingerprint density at radius 2 is 2.28 bits per heavy atom. The van der Waals surface area contributed by atoms with Crippen LogP contribution in [0.2, 0.25) is 0 Å². The number of rotatable bonds is 1. The number of fused-ring (bicyclic) bond motifs is 1. The topological polar surface area (TPSA) is 47.6 Å². The lowest BCUT2D eigenvalue weighted by Gasteiger charge is -2.37. The van der Waals surface area contributed by atoms with Crippen LogP contribution < -0.4 is 5.73 Å². The number of benzene rings is 1. The van der Waals surface area contributed by atoms with E-state index in [4.69, 9.17) is 10.5 Å². The van der Waals surface area contributed by atoms with Gasteiger partial charge >= 0.3 is 0 Å². The summed E-state index contributed by atoms with van der Waals surface area (Å²) in [5, 5.41) is 0.520. The van der Waals surface area contributed by atoms with Crippen LogP contribution in [0.1, 0.15) is 12.5 Å². The van der Waals surface area contributed by atoms with E-state index in [9.17, 15) is 4.39 Å². The van der Waals surface area contributed by atoms with Gasteiger partial charge in [0.05, 0.1) is 12.7 Å². The summed E-state index contributed by atoms with van der Waals surface area (Å²) in [6.45, 7) is 2.55. The Bertz CT molecular complexity index is 508. The Balaban J connectivity index is 2.20. The van der Waals surface area contributed by atoms with Crippen molar-refractivity contribution < 1.29 is 9.13 Å². The van der Waals surface area contributed by atoms with E-state index in [1.54, 1.807) is 12.1 Å². The summed E-state index contributed by atoms with van der Waals surface area (Å²) in [7, 11) is 0. The van der Waals surface area contributed by atoms with Gasteiger partial charge in [0.2, 0.25) is 0 Å². The van der Waals surface area contributed by atoms with Crippen molar-refractivity contribution in [2.24, 2.45) is 16.6 Å². The maximum atomic E-state index is 14.1. The number of aliphatic imine (C=N–C) groups is 1. The molecule has 2 heterocycles. The lowest BCUT2D eigenvalue weighted by atomic mass is 9.77. The summed E-state index contributed by atoms with van der Waals surface area (Å²) in [4.78, 5) is 4.58. The summed E-state index contributed by atoms with van der Waals surface area (Å²) in [6.07, 6.45) is -0.154. The Morgan fingerprint density at radius 3 is 3.06 bits per heavy atom. The molecule has 1 aromatic rings. The third kappa shape index (κ3) is 1.57. The number of hydrogen-bond donors (Lipinski definition) is 1.